The molecule has 2 saturated heterocycles. The van der Waals surface area contributed by atoms with Gasteiger partial charge in [0.25, 0.3) is 0 Å². The molecule has 2 fully saturated rings. The van der Waals surface area contributed by atoms with Gasteiger partial charge in [0.2, 0.25) is 11.6 Å². The smallest absolute Gasteiger partial charge is 0.688 e. The van der Waals surface area contributed by atoms with Crippen molar-refractivity contribution in [1.29, 1.82) is 0 Å². The average molecular weight is 768 g/mol. The van der Waals surface area contributed by atoms with E-state index in [1.807, 2.05) is 72.8 Å². The van der Waals surface area contributed by atoms with E-state index in [0.717, 1.165) is 35.6 Å². The number of pyridine rings is 4. The van der Waals surface area contributed by atoms with Crippen molar-refractivity contribution < 1.29 is 41.8 Å². The van der Waals surface area contributed by atoms with Crippen LogP contribution in [0, 0.1) is 23.3 Å². The fraction of sp³-hybridized carbons (Fsp3) is 0.211. The summed E-state index contributed by atoms with van der Waals surface area (Å²) in [6.45, 7) is 4.15. The second kappa shape index (κ2) is 19.4. The van der Waals surface area contributed by atoms with Gasteiger partial charge in [-0.3, -0.25) is 19.9 Å². The molecule has 50 heavy (non-hydrogen) atoms. The monoisotopic (exact) mass is 768 g/mol. The molecule has 0 saturated carbocycles. The third-order valence-corrected chi connectivity index (χ3v) is 7.53. The zero-order valence-electron chi connectivity index (χ0n) is 27.0. The van der Waals surface area contributed by atoms with Gasteiger partial charge in [0.15, 0.2) is 17.4 Å². The van der Waals surface area contributed by atoms with Crippen LogP contribution in [0.3, 0.4) is 0 Å². The van der Waals surface area contributed by atoms with E-state index in [9.17, 15) is 17.6 Å². The average Bonchev–Trinajstić information content (AvgIpc) is 3.91. The Bertz CT molecular complexity index is 1640. The molecule has 1 aromatic carbocycles. The standard InChI is InChI=1S/C18H18F4N2O.2C10H8N2.Ru/c1-2-9-25-18-16(21)14(19)13(15(20)17(18)22)12(10-5-3-7-23-10)11-6-4-8-24-11;2*1-3-7-11-9(5-1)10-6-2-4-8-12-10;/h2,10H,1,3-9H2;2*1-8H;/q-2;;;+2/b12-11+;;;. The van der Waals surface area contributed by atoms with E-state index in [2.05, 4.69) is 37.1 Å². The molecule has 4 aromatic heterocycles. The van der Waals surface area contributed by atoms with Crippen molar-refractivity contribution >= 4 is 5.57 Å². The molecule has 7 rings (SSSR count). The summed E-state index contributed by atoms with van der Waals surface area (Å²) in [6.07, 6.45) is 10.9. The van der Waals surface area contributed by atoms with E-state index in [-0.39, 0.29) is 31.7 Å². The zero-order chi connectivity index (χ0) is 34.4. The number of halogens is 4. The first-order valence-corrected chi connectivity index (χ1v) is 15.8. The number of allylic oxidation sites excluding steroid dienone is 1. The van der Waals surface area contributed by atoms with E-state index < -0.39 is 40.6 Å². The fourth-order valence-corrected chi connectivity index (χ4v) is 5.30. The van der Waals surface area contributed by atoms with Crippen molar-refractivity contribution in [1.82, 2.24) is 19.9 Å². The quantitative estimate of drug-likeness (QED) is 0.0713. The number of rotatable bonds is 7. The number of hydrogen-bond donors (Lipinski definition) is 0. The second-order valence-corrected chi connectivity index (χ2v) is 10.8. The maximum absolute atomic E-state index is 14.7. The molecule has 258 valence electrons. The van der Waals surface area contributed by atoms with Crippen molar-refractivity contribution in [2.45, 2.75) is 31.7 Å². The Morgan fingerprint density at radius 3 is 1.52 bits per heavy atom. The molecule has 7 nitrogen and oxygen atoms in total. The third-order valence-electron chi connectivity index (χ3n) is 7.53. The van der Waals surface area contributed by atoms with Crippen LogP contribution in [-0.2, 0) is 19.5 Å². The molecule has 2 aliphatic rings. The predicted molar refractivity (Wildman–Crippen MR) is 183 cm³/mol. The Morgan fingerprint density at radius 1 is 0.700 bits per heavy atom. The van der Waals surface area contributed by atoms with Crippen LogP contribution in [-0.4, -0.2) is 45.7 Å². The van der Waals surface area contributed by atoms with Crippen LogP contribution in [0.15, 0.2) is 116 Å². The third kappa shape index (κ3) is 9.67. The van der Waals surface area contributed by atoms with Crippen molar-refractivity contribution in [3.05, 3.63) is 155 Å². The molecule has 0 N–H and O–H groups in total. The van der Waals surface area contributed by atoms with E-state index in [1.165, 1.54) is 6.08 Å². The summed E-state index contributed by atoms with van der Waals surface area (Å²) in [7, 11) is 0. The van der Waals surface area contributed by atoms with Crippen molar-refractivity contribution in [3.8, 4) is 28.5 Å². The molecule has 0 spiro atoms. The van der Waals surface area contributed by atoms with Crippen LogP contribution in [0.4, 0.5) is 17.6 Å². The predicted octanol–water partition coefficient (Wildman–Crippen LogP) is 9.51. The van der Waals surface area contributed by atoms with Crippen LogP contribution in [0.25, 0.3) is 39.0 Å². The van der Waals surface area contributed by atoms with Crippen molar-refractivity contribution in [2.75, 3.05) is 19.7 Å². The van der Waals surface area contributed by atoms with Crippen LogP contribution < -0.4 is 4.74 Å². The van der Waals surface area contributed by atoms with Gasteiger partial charge in [-0.1, -0.05) is 68.2 Å². The molecule has 6 heterocycles. The van der Waals surface area contributed by atoms with Crippen LogP contribution in [0.2, 0.25) is 0 Å². The van der Waals surface area contributed by atoms with Gasteiger partial charge in [0.1, 0.15) is 6.61 Å². The summed E-state index contributed by atoms with van der Waals surface area (Å²) >= 11 is 0. The van der Waals surface area contributed by atoms with Gasteiger partial charge in [0.05, 0.1) is 28.3 Å². The maximum atomic E-state index is 14.7. The fourth-order valence-electron chi connectivity index (χ4n) is 5.30. The van der Waals surface area contributed by atoms with Crippen molar-refractivity contribution in [2.24, 2.45) is 0 Å². The summed E-state index contributed by atoms with van der Waals surface area (Å²) < 4.78 is 62.8. The summed E-state index contributed by atoms with van der Waals surface area (Å²) in [6, 6.07) is 22.7. The topological polar surface area (TPSA) is 89.0 Å². The molecule has 0 aliphatic carbocycles. The van der Waals surface area contributed by atoms with Crippen LogP contribution in [0.5, 0.6) is 5.75 Å². The maximum Gasteiger partial charge on any atom is 2.00 e. The minimum Gasteiger partial charge on any atom is -0.688 e. The van der Waals surface area contributed by atoms with E-state index in [0.29, 0.717) is 31.6 Å². The first kappa shape index (κ1) is 38.0. The normalized spacial score (nSPS) is 15.6. The molecule has 1 unspecified atom stereocenters. The Kier molecular flexibility index (Phi) is 14.8. The molecule has 12 heteroatoms. The van der Waals surface area contributed by atoms with Gasteiger partial charge >= 0.3 is 19.5 Å². The van der Waals surface area contributed by atoms with Crippen molar-refractivity contribution in [3.63, 3.8) is 0 Å². The Hall–Kier alpha value is -4.80. The minimum atomic E-state index is -1.55. The number of benzene rings is 1. The largest absolute Gasteiger partial charge is 2.00 e. The van der Waals surface area contributed by atoms with Gasteiger partial charge < -0.3 is 15.4 Å². The van der Waals surface area contributed by atoms with E-state index >= 15 is 0 Å². The van der Waals surface area contributed by atoms with Gasteiger partial charge in [-0.15, -0.1) is 19.1 Å². The minimum absolute atomic E-state index is 0. The second-order valence-electron chi connectivity index (χ2n) is 10.8. The summed E-state index contributed by atoms with van der Waals surface area (Å²) in [4.78, 5) is 16.7. The number of nitrogens with zero attached hydrogens (tertiary/aromatic N) is 6. The SMILES string of the molecule is C=CCOc1c(F)c(F)c(/C(=C2\CCC[N-]2)C2CCC[N-]2)c(F)c1F.[Ru+2].c1ccc(-c2ccccn2)nc1.c1ccc(-c2ccccn2)nc1. The summed E-state index contributed by atoms with van der Waals surface area (Å²) in [5.41, 5.74) is 3.59. The first-order valence-electron chi connectivity index (χ1n) is 15.8. The summed E-state index contributed by atoms with van der Waals surface area (Å²) in [5, 5.41) is 8.60. The molecule has 0 amide bonds. The molecular weight excluding hydrogens is 734 g/mol. The van der Waals surface area contributed by atoms with E-state index in [4.69, 9.17) is 4.74 Å². The molecule has 2 aliphatic heterocycles. The first-order chi connectivity index (χ1) is 24.0. The molecule has 1 atom stereocenters. The molecular formula is C38H34F4N6ORu. The van der Waals surface area contributed by atoms with Crippen LogP contribution >= 0.6 is 0 Å². The Morgan fingerprint density at radius 2 is 1.18 bits per heavy atom. The van der Waals surface area contributed by atoms with Gasteiger partial charge in [-0.05, 0) is 48.5 Å². The number of aromatic nitrogens is 4. The van der Waals surface area contributed by atoms with E-state index in [1.54, 1.807) is 24.8 Å². The molecule has 5 aromatic rings. The summed E-state index contributed by atoms with van der Waals surface area (Å²) in [5.74, 6) is -7.11. The number of ether oxygens (including phenoxy) is 1. The van der Waals surface area contributed by atoms with Gasteiger partial charge in [-0.2, -0.15) is 14.5 Å². The van der Waals surface area contributed by atoms with Crippen LogP contribution in [0.1, 0.15) is 31.2 Å². The van der Waals surface area contributed by atoms with Gasteiger partial charge in [0, 0.05) is 24.8 Å². The van der Waals surface area contributed by atoms with Gasteiger partial charge in [-0.25, -0.2) is 8.78 Å². The number of hydrogen-bond acceptors (Lipinski definition) is 5. The Balaban J connectivity index is 0.000000187. The Labute approximate surface area is 301 Å². The molecule has 0 bridgehead atoms. The zero-order valence-corrected chi connectivity index (χ0v) is 28.7. The molecule has 0 radical (unpaired) electrons.